The Bertz CT molecular complexity index is 72.4. The van der Waals surface area contributed by atoms with Gasteiger partial charge in [0, 0.05) is 6.54 Å². The number of rotatable bonds is 3. The second-order valence-corrected chi connectivity index (χ2v) is 2.04. The lowest BCUT2D eigenvalue weighted by molar-refractivity contribution is 0.403. The summed E-state index contributed by atoms with van der Waals surface area (Å²) in [4.78, 5) is 0. The Kier molecular flexibility index (Phi) is 1.88. The molecule has 1 fully saturated rings. The summed E-state index contributed by atoms with van der Waals surface area (Å²) in [6.07, 6.45) is 0.365. The van der Waals surface area contributed by atoms with Gasteiger partial charge in [0.2, 0.25) is 0 Å². The lowest BCUT2D eigenvalue weighted by Gasteiger charge is -1.97. The summed E-state index contributed by atoms with van der Waals surface area (Å²) < 4.78 is 4.89. The van der Waals surface area contributed by atoms with Crippen LogP contribution in [0.1, 0.15) is 0 Å². The maximum atomic E-state index is 8.66. The van der Waals surface area contributed by atoms with Crippen LogP contribution in [0.15, 0.2) is 0 Å². The minimum absolute atomic E-state index is 0.365. The van der Waals surface area contributed by atoms with E-state index in [0.29, 0.717) is 6.10 Å². The largest absolute Gasteiger partial charge is 0.437 e. The molecule has 1 saturated heterocycles. The van der Waals surface area contributed by atoms with Gasteiger partial charge in [0.1, 0.15) is 0 Å². The topological polar surface area (TPSA) is 44.8 Å². The molecule has 0 bridgehead atoms. The molecule has 1 unspecified atom stereocenters. The standard InChI is InChI=1S/C4H10BNO2/c1-5(7)6-2-4-3-8-4/h4,6-7H,2-3H2,1H3. The Morgan fingerprint density at radius 1 is 2.00 bits per heavy atom. The number of epoxide rings is 1. The summed E-state index contributed by atoms with van der Waals surface area (Å²) in [7, 11) is -0.404. The first kappa shape index (κ1) is 6.07. The summed E-state index contributed by atoms with van der Waals surface area (Å²) in [6.45, 7) is 3.32. The van der Waals surface area contributed by atoms with E-state index < -0.39 is 7.05 Å². The fourth-order valence-corrected chi connectivity index (χ4v) is 0.488. The predicted molar refractivity (Wildman–Crippen MR) is 31.6 cm³/mol. The van der Waals surface area contributed by atoms with Gasteiger partial charge < -0.3 is 15.0 Å². The van der Waals surface area contributed by atoms with E-state index >= 15 is 0 Å². The predicted octanol–water partition coefficient (Wildman–Crippen LogP) is -0.915. The van der Waals surface area contributed by atoms with Crippen molar-refractivity contribution in [3.63, 3.8) is 0 Å². The fraction of sp³-hybridized carbons (Fsp3) is 1.00. The first-order valence-electron chi connectivity index (χ1n) is 2.82. The van der Waals surface area contributed by atoms with Gasteiger partial charge in [-0.1, -0.05) is 0 Å². The molecule has 4 heteroatoms. The zero-order valence-corrected chi connectivity index (χ0v) is 4.92. The van der Waals surface area contributed by atoms with E-state index in [-0.39, 0.29) is 0 Å². The highest BCUT2D eigenvalue weighted by Crippen LogP contribution is 2.05. The smallest absolute Gasteiger partial charge is 0.373 e. The third kappa shape index (κ3) is 2.30. The van der Waals surface area contributed by atoms with Gasteiger partial charge in [0.25, 0.3) is 0 Å². The number of ether oxygens (including phenoxy) is 1. The van der Waals surface area contributed by atoms with Gasteiger partial charge in [-0.25, -0.2) is 0 Å². The first-order chi connectivity index (χ1) is 3.79. The molecule has 1 atom stereocenters. The molecule has 0 spiro atoms. The van der Waals surface area contributed by atoms with Crippen molar-refractivity contribution in [1.29, 1.82) is 0 Å². The molecule has 46 valence electrons. The van der Waals surface area contributed by atoms with Crippen molar-refractivity contribution in [2.24, 2.45) is 0 Å². The Morgan fingerprint density at radius 3 is 3.00 bits per heavy atom. The van der Waals surface area contributed by atoms with Crippen molar-refractivity contribution < 1.29 is 9.76 Å². The van der Waals surface area contributed by atoms with Crippen molar-refractivity contribution in [1.82, 2.24) is 5.23 Å². The SMILES string of the molecule is CB(O)NCC1CO1. The van der Waals surface area contributed by atoms with Gasteiger partial charge in [0.15, 0.2) is 0 Å². The molecule has 8 heavy (non-hydrogen) atoms. The van der Waals surface area contributed by atoms with Crippen LogP contribution in [0.5, 0.6) is 0 Å². The molecular weight excluding hydrogens is 105 g/mol. The second-order valence-electron chi connectivity index (χ2n) is 2.04. The Morgan fingerprint density at radius 2 is 2.62 bits per heavy atom. The third-order valence-corrected chi connectivity index (χ3v) is 1.04. The molecule has 1 aliphatic heterocycles. The van der Waals surface area contributed by atoms with Gasteiger partial charge in [-0.3, -0.25) is 0 Å². The lowest BCUT2D eigenvalue weighted by Crippen LogP contribution is -2.33. The second kappa shape index (κ2) is 2.48. The third-order valence-electron chi connectivity index (χ3n) is 1.04. The first-order valence-corrected chi connectivity index (χ1v) is 2.82. The summed E-state index contributed by atoms with van der Waals surface area (Å²) in [5, 5.41) is 11.5. The van der Waals surface area contributed by atoms with Crippen LogP contribution in [0.3, 0.4) is 0 Å². The van der Waals surface area contributed by atoms with Crippen LogP contribution in [0.2, 0.25) is 6.82 Å². The van der Waals surface area contributed by atoms with Crippen LogP contribution in [0, 0.1) is 0 Å². The Labute approximate surface area is 49.2 Å². The van der Waals surface area contributed by atoms with Crippen molar-refractivity contribution >= 4 is 7.05 Å². The van der Waals surface area contributed by atoms with Crippen LogP contribution in [-0.4, -0.2) is 31.3 Å². The van der Waals surface area contributed by atoms with E-state index in [0.717, 1.165) is 13.2 Å². The maximum Gasteiger partial charge on any atom is 0.373 e. The normalized spacial score (nSPS) is 25.5. The summed E-state index contributed by atoms with van der Waals surface area (Å²) in [5.41, 5.74) is 0. The highest BCUT2D eigenvalue weighted by molar-refractivity contribution is 6.45. The molecule has 1 heterocycles. The van der Waals surface area contributed by atoms with Gasteiger partial charge in [-0.15, -0.1) is 0 Å². The zero-order valence-electron chi connectivity index (χ0n) is 4.92. The molecule has 0 radical (unpaired) electrons. The van der Waals surface area contributed by atoms with E-state index in [9.17, 15) is 0 Å². The minimum atomic E-state index is -0.404. The average Bonchev–Trinajstić information content (AvgIpc) is 2.41. The van der Waals surface area contributed by atoms with Crippen LogP contribution in [-0.2, 0) is 4.74 Å². The molecule has 2 N–H and O–H groups in total. The van der Waals surface area contributed by atoms with Gasteiger partial charge in [-0.05, 0) is 6.82 Å². The van der Waals surface area contributed by atoms with Crippen LogP contribution >= 0.6 is 0 Å². The minimum Gasteiger partial charge on any atom is -0.437 e. The van der Waals surface area contributed by atoms with Crippen molar-refractivity contribution in [3.05, 3.63) is 0 Å². The highest BCUT2D eigenvalue weighted by Gasteiger charge is 2.22. The van der Waals surface area contributed by atoms with Gasteiger partial charge in [-0.2, -0.15) is 0 Å². The van der Waals surface area contributed by atoms with Crippen LogP contribution < -0.4 is 5.23 Å². The Hall–Kier alpha value is -0.0551. The monoisotopic (exact) mass is 115 g/mol. The summed E-state index contributed by atoms with van der Waals surface area (Å²) in [5.74, 6) is 0. The summed E-state index contributed by atoms with van der Waals surface area (Å²) in [6, 6.07) is 0. The molecule has 0 aromatic heterocycles. The molecule has 1 rings (SSSR count). The van der Waals surface area contributed by atoms with E-state index in [1.807, 2.05) is 0 Å². The molecule has 0 aromatic carbocycles. The molecule has 0 aromatic rings. The van der Waals surface area contributed by atoms with E-state index in [1.54, 1.807) is 6.82 Å². The molecule has 1 aliphatic rings. The molecule has 3 nitrogen and oxygen atoms in total. The number of hydrogen-bond acceptors (Lipinski definition) is 3. The van der Waals surface area contributed by atoms with Crippen LogP contribution in [0.25, 0.3) is 0 Å². The molecule has 0 saturated carbocycles. The maximum absolute atomic E-state index is 8.66. The van der Waals surface area contributed by atoms with Crippen LogP contribution in [0.4, 0.5) is 0 Å². The summed E-state index contributed by atoms with van der Waals surface area (Å²) >= 11 is 0. The van der Waals surface area contributed by atoms with E-state index in [4.69, 9.17) is 9.76 Å². The van der Waals surface area contributed by atoms with Crippen molar-refractivity contribution in [2.45, 2.75) is 12.9 Å². The zero-order chi connectivity index (χ0) is 5.98. The molecular formula is C4H10BNO2. The van der Waals surface area contributed by atoms with Crippen molar-refractivity contribution in [2.75, 3.05) is 13.2 Å². The number of nitrogens with one attached hydrogen (secondary N) is 1. The fourth-order valence-electron chi connectivity index (χ4n) is 0.488. The van der Waals surface area contributed by atoms with Gasteiger partial charge in [0.05, 0.1) is 12.7 Å². The number of hydrogen-bond donors (Lipinski definition) is 2. The van der Waals surface area contributed by atoms with E-state index in [1.165, 1.54) is 0 Å². The Balaban J connectivity index is 1.87. The van der Waals surface area contributed by atoms with Crippen molar-refractivity contribution in [3.8, 4) is 0 Å². The highest BCUT2D eigenvalue weighted by atomic mass is 16.6. The average molecular weight is 115 g/mol. The van der Waals surface area contributed by atoms with Gasteiger partial charge >= 0.3 is 7.05 Å². The quantitative estimate of drug-likeness (QED) is 0.369. The molecule has 0 aliphatic carbocycles. The molecule has 0 amide bonds. The lowest BCUT2D eigenvalue weighted by atomic mass is 9.89. The van der Waals surface area contributed by atoms with E-state index in [2.05, 4.69) is 5.23 Å².